The maximum absolute atomic E-state index is 5.28. The average Bonchev–Trinajstić information content (AvgIpc) is 2.61. The first-order valence-corrected chi connectivity index (χ1v) is 10.0. The number of para-hydroxylation sites is 1. The normalized spacial score (nSPS) is 14.5. The van der Waals surface area contributed by atoms with Gasteiger partial charge in [0.25, 0.3) is 0 Å². The van der Waals surface area contributed by atoms with Gasteiger partial charge in [-0.15, -0.1) is 6.58 Å². The summed E-state index contributed by atoms with van der Waals surface area (Å²) >= 11 is 0. The van der Waals surface area contributed by atoms with Crippen LogP contribution in [0.25, 0.3) is 0 Å². The van der Waals surface area contributed by atoms with Gasteiger partial charge in [0.1, 0.15) is 0 Å². The van der Waals surface area contributed by atoms with Gasteiger partial charge < -0.3 is 0 Å². The fourth-order valence-electron chi connectivity index (χ4n) is 3.78. The van der Waals surface area contributed by atoms with E-state index in [0.29, 0.717) is 11.8 Å². The lowest BCUT2D eigenvalue weighted by Gasteiger charge is -2.31. The fourth-order valence-corrected chi connectivity index (χ4v) is 3.78. The largest absolute Gasteiger partial charge is 0.257 e. The molecule has 0 bridgehead atoms. The molecule has 0 heterocycles. The molecule has 2 aromatic rings. The van der Waals surface area contributed by atoms with E-state index in [2.05, 4.69) is 104 Å². The van der Waals surface area contributed by atoms with E-state index >= 15 is 0 Å². The maximum Gasteiger partial charge on any atom is 0.0698 e. The smallest absolute Gasteiger partial charge is 0.0698 e. The third kappa shape index (κ3) is 4.77. The lowest BCUT2D eigenvalue weighted by atomic mass is 9.74. The summed E-state index contributed by atoms with van der Waals surface area (Å²) in [6.45, 7) is 19.8. The number of allylic oxidation sites excluding steroid dienone is 1. The first-order chi connectivity index (χ1) is 12.7. The second-order valence-electron chi connectivity index (χ2n) is 8.62. The van der Waals surface area contributed by atoms with Crippen molar-refractivity contribution in [2.75, 3.05) is 0 Å². The van der Waals surface area contributed by atoms with E-state index in [-0.39, 0.29) is 5.41 Å². The highest BCUT2D eigenvalue weighted by molar-refractivity contribution is 5.95. The Labute approximate surface area is 166 Å². The van der Waals surface area contributed by atoms with Crippen molar-refractivity contribution in [3.8, 4) is 0 Å². The van der Waals surface area contributed by atoms with Gasteiger partial charge in [0, 0.05) is 11.1 Å². The van der Waals surface area contributed by atoms with Crippen molar-refractivity contribution in [1.29, 1.82) is 0 Å². The molecule has 0 aliphatic carbocycles. The topological polar surface area (TPSA) is 12.4 Å². The number of hydrogen-bond donors (Lipinski definition) is 0. The Morgan fingerprint density at radius 3 is 1.85 bits per heavy atom. The molecular formula is C26H35N. The van der Waals surface area contributed by atoms with Crippen LogP contribution in [0.15, 0.2) is 65.7 Å². The molecule has 0 saturated heterocycles. The highest BCUT2D eigenvalue weighted by Gasteiger charge is 2.30. The van der Waals surface area contributed by atoms with Crippen molar-refractivity contribution in [1.82, 2.24) is 0 Å². The highest BCUT2D eigenvalue weighted by atomic mass is 14.8. The summed E-state index contributed by atoms with van der Waals surface area (Å²) in [6, 6.07) is 17.3. The minimum absolute atomic E-state index is 0.161. The molecule has 0 aliphatic heterocycles. The van der Waals surface area contributed by atoms with Crippen molar-refractivity contribution in [2.24, 2.45) is 4.99 Å². The minimum atomic E-state index is -0.161. The van der Waals surface area contributed by atoms with Gasteiger partial charge in [-0.25, -0.2) is 0 Å². The molecule has 2 rings (SSSR count). The second-order valence-corrected chi connectivity index (χ2v) is 8.62. The van der Waals surface area contributed by atoms with E-state index < -0.39 is 0 Å². The number of aliphatic imine (C=N–C) groups is 1. The lowest BCUT2D eigenvalue weighted by molar-refractivity contribution is 0.626. The van der Waals surface area contributed by atoms with E-state index in [4.69, 9.17) is 4.99 Å². The zero-order valence-electron chi connectivity index (χ0n) is 18.1. The second kappa shape index (κ2) is 8.69. The number of rotatable bonds is 7. The van der Waals surface area contributed by atoms with Crippen LogP contribution in [0, 0.1) is 0 Å². The summed E-state index contributed by atoms with van der Waals surface area (Å²) < 4.78 is 0. The molecule has 0 spiro atoms. The van der Waals surface area contributed by atoms with E-state index in [9.17, 15) is 0 Å². The molecule has 1 heteroatoms. The molecule has 0 amide bonds. The van der Waals surface area contributed by atoms with Crippen LogP contribution < -0.4 is 0 Å². The molecule has 1 nitrogen and oxygen atoms in total. The SMILES string of the molecule is C=C(C)CC(C)(C(C)=Nc1c(C(C)C)cccc1C(C)C)c1ccccc1. The predicted octanol–water partition coefficient (Wildman–Crippen LogP) is 7.95. The summed E-state index contributed by atoms with van der Waals surface area (Å²) in [5, 5.41) is 0. The molecule has 1 atom stereocenters. The van der Waals surface area contributed by atoms with Crippen molar-refractivity contribution in [3.05, 3.63) is 77.4 Å². The quantitative estimate of drug-likeness (QED) is 0.350. The van der Waals surface area contributed by atoms with E-state index in [1.54, 1.807) is 0 Å². The van der Waals surface area contributed by atoms with Crippen molar-refractivity contribution < 1.29 is 0 Å². The van der Waals surface area contributed by atoms with Gasteiger partial charge in [0.15, 0.2) is 0 Å². The molecule has 0 aliphatic rings. The van der Waals surface area contributed by atoms with Gasteiger partial charge in [-0.3, -0.25) is 4.99 Å². The number of hydrogen-bond acceptors (Lipinski definition) is 1. The van der Waals surface area contributed by atoms with Crippen molar-refractivity contribution >= 4 is 11.4 Å². The van der Waals surface area contributed by atoms with E-state index in [1.807, 2.05) is 0 Å². The first-order valence-electron chi connectivity index (χ1n) is 10.0. The third-order valence-electron chi connectivity index (χ3n) is 5.49. The Morgan fingerprint density at radius 1 is 0.889 bits per heavy atom. The van der Waals surface area contributed by atoms with Crippen LogP contribution in [0.5, 0.6) is 0 Å². The van der Waals surface area contributed by atoms with Crippen LogP contribution in [0.1, 0.15) is 83.4 Å². The summed E-state index contributed by atoms with van der Waals surface area (Å²) in [4.78, 5) is 5.28. The Bertz CT molecular complexity index is 785. The number of nitrogens with zero attached hydrogens (tertiary/aromatic N) is 1. The number of benzene rings is 2. The predicted molar refractivity (Wildman–Crippen MR) is 121 cm³/mol. The summed E-state index contributed by atoms with van der Waals surface area (Å²) in [7, 11) is 0. The average molecular weight is 362 g/mol. The molecular weight excluding hydrogens is 326 g/mol. The molecule has 2 aromatic carbocycles. The van der Waals surface area contributed by atoms with Gasteiger partial charge in [-0.05, 0) is 55.7 Å². The van der Waals surface area contributed by atoms with Crippen LogP contribution in [0.4, 0.5) is 5.69 Å². The van der Waals surface area contributed by atoms with Crippen LogP contribution in [-0.4, -0.2) is 5.71 Å². The first kappa shape index (κ1) is 21.2. The van der Waals surface area contributed by atoms with Crippen LogP contribution in [0.2, 0.25) is 0 Å². The Balaban J connectivity index is 2.67. The van der Waals surface area contributed by atoms with Gasteiger partial charge in [-0.2, -0.15) is 0 Å². The Morgan fingerprint density at radius 2 is 1.41 bits per heavy atom. The van der Waals surface area contributed by atoms with Gasteiger partial charge in [0.05, 0.1) is 5.69 Å². The summed E-state index contributed by atoms with van der Waals surface area (Å²) in [5.74, 6) is 0.888. The van der Waals surface area contributed by atoms with Gasteiger partial charge in [0.2, 0.25) is 0 Å². The fraction of sp³-hybridized carbons (Fsp3) is 0.423. The molecule has 0 aromatic heterocycles. The zero-order valence-corrected chi connectivity index (χ0v) is 18.1. The monoisotopic (exact) mass is 361 g/mol. The maximum atomic E-state index is 5.28. The van der Waals surface area contributed by atoms with Crippen molar-refractivity contribution in [2.45, 2.75) is 72.1 Å². The molecule has 0 radical (unpaired) electrons. The molecule has 1 unspecified atom stereocenters. The zero-order chi connectivity index (χ0) is 20.2. The van der Waals surface area contributed by atoms with E-state index in [1.165, 1.54) is 22.3 Å². The van der Waals surface area contributed by atoms with Crippen LogP contribution >= 0.6 is 0 Å². The van der Waals surface area contributed by atoms with Gasteiger partial charge in [-0.1, -0.05) is 81.8 Å². The lowest BCUT2D eigenvalue weighted by Crippen LogP contribution is -2.31. The molecule has 27 heavy (non-hydrogen) atoms. The van der Waals surface area contributed by atoms with E-state index in [0.717, 1.165) is 17.8 Å². The minimum Gasteiger partial charge on any atom is -0.257 e. The third-order valence-corrected chi connectivity index (χ3v) is 5.49. The van der Waals surface area contributed by atoms with Gasteiger partial charge >= 0.3 is 0 Å². The highest BCUT2D eigenvalue weighted by Crippen LogP contribution is 2.38. The summed E-state index contributed by atoms with van der Waals surface area (Å²) in [6.07, 6.45) is 0.896. The van der Waals surface area contributed by atoms with Crippen molar-refractivity contribution in [3.63, 3.8) is 0 Å². The Kier molecular flexibility index (Phi) is 6.81. The van der Waals surface area contributed by atoms with Crippen LogP contribution in [0.3, 0.4) is 0 Å². The summed E-state index contributed by atoms with van der Waals surface area (Å²) in [5.41, 5.74) is 7.26. The van der Waals surface area contributed by atoms with Crippen LogP contribution in [-0.2, 0) is 5.41 Å². The molecule has 144 valence electrons. The molecule has 0 fully saturated rings. The molecule has 0 N–H and O–H groups in total. The standard InChI is InChI=1S/C26H35N/c1-18(2)17-26(8,22-13-10-9-11-14-22)21(7)27-25-23(19(3)4)15-12-16-24(25)20(5)6/h9-16,19-20H,1,17H2,2-8H3. The Hall–Kier alpha value is -2.15. The molecule has 0 saturated carbocycles.